The van der Waals surface area contributed by atoms with Crippen LogP contribution in [0.3, 0.4) is 0 Å². The number of nitrogens with zero attached hydrogens (tertiary/aromatic N) is 1. The molecule has 0 aliphatic heterocycles. The lowest BCUT2D eigenvalue weighted by atomic mass is 10.0. The van der Waals surface area contributed by atoms with Crippen LogP contribution < -0.4 is 10.6 Å². The number of primary amides is 1. The summed E-state index contributed by atoms with van der Waals surface area (Å²) in [4.78, 5) is 12.9. The molecule has 0 aromatic heterocycles. The summed E-state index contributed by atoms with van der Waals surface area (Å²) in [5.41, 5.74) is 7.28. The molecule has 18 heavy (non-hydrogen) atoms. The van der Waals surface area contributed by atoms with Crippen LogP contribution in [0.4, 0.5) is 5.69 Å². The highest BCUT2D eigenvalue weighted by Gasteiger charge is 2.05. The van der Waals surface area contributed by atoms with E-state index in [2.05, 4.69) is 11.0 Å². The van der Waals surface area contributed by atoms with Gasteiger partial charge in [0.15, 0.2) is 0 Å². The molecule has 0 heterocycles. The minimum atomic E-state index is -0.434. The summed E-state index contributed by atoms with van der Waals surface area (Å²) in [5, 5.41) is 2.27. The first-order chi connectivity index (χ1) is 8.59. The summed E-state index contributed by atoms with van der Waals surface area (Å²) < 4.78 is 0. The predicted molar refractivity (Wildman–Crippen MR) is 76.5 cm³/mol. The van der Waals surface area contributed by atoms with Gasteiger partial charge in [-0.15, -0.1) is 0 Å². The topological polar surface area (TPSA) is 46.3 Å². The van der Waals surface area contributed by atoms with Gasteiger partial charge in [-0.1, -0.05) is 30.3 Å². The largest absolute Gasteiger partial charge is 0.377 e. The minimum absolute atomic E-state index is 0.434. The number of hydrogen-bond acceptors (Lipinski definition) is 2. The summed E-state index contributed by atoms with van der Waals surface area (Å²) >= 11 is 0. The van der Waals surface area contributed by atoms with E-state index in [-0.39, 0.29) is 0 Å². The molecule has 2 aromatic rings. The van der Waals surface area contributed by atoms with Gasteiger partial charge in [-0.05, 0) is 23.1 Å². The highest BCUT2D eigenvalue weighted by Crippen LogP contribution is 2.28. The Morgan fingerprint density at radius 1 is 1.11 bits per heavy atom. The molecule has 0 spiro atoms. The molecule has 1 amide bonds. The van der Waals surface area contributed by atoms with Crippen LogP contribution >= 0.6 is 0 Å². The molecule has 0 aliphatic rings. The van der Waals surface area contributed by atoms with E-state index in [9.17, 15) is 4.79 Å². The predicted octanol–water partition coefficient (Wildman–Crippen LogP) is 2.40. The van der Waals surface area contributed by atoms with E-state index in [4.69, 9.17) is 5.73 Å². The molecule has 0 saturated carbocycles. The van der Waals surface area contributed by atoms with Gasteiger partial charge in [-0.3, -0.25) is 4.79 Å². The zero-order valence-corrected chi connectivity index (χ0v) is 10.6. The Bertz CT molecular complexity index is 615. The van der Waals surface area contributed by atoms with Crippen LogP contribution in [0.2, 0.25) is 0 Å². The van der Waals surface area contributed by atoms with E-state index >= 15 is 0 Å². The van der Waals surface area contributed by atoms with Gasteiger partial charge < -0.3 is 10.6 Å². The van der Waals surface area contributed by atoms with Crippen molar-refractivity contribution >= 4 is 28.4 Å². The quantitative estimate of drug-likeness (QED) is 0.837. The van der Waals surface area contributed by atoms with E-state index < -0.39 is 5.91 Å². The van der Waals surface area contributed by atoms with Gasteiger partial charge in [-0.2, -0.15) is 0 Å². The molecule has 0 saturated heterocycles. The Morgan fingerprint density at radius 2 is 1.78 bits per heavy atom. The monoisotopic (exact) mass is 240 g/mol. The third-order valence-electron chi connectivity index (χ3n) is 2.84. The molecule has 2 N–H and O–H groups in total. The maximum atomic E-state index is 10.8. The van der Waals surface area contributed by atoms with E-state index in [1.54, 1.807) is 6.08 Å². The van der Waals surface area contributed by atoms with Crippen molar-refractivity contribution in [3.8, 4) is 0 Å². The number of nitrogens with two attached hydrogens (primary N) is 1. The molecule has 2 rings (SSSR count). The molecule has 0 aliphatic carbocycles. The maximum Gasteiger partial charge on any atom is 0.241 e. The van der Waals surface area contributed by atoms with Crippen molar-refractivity contribution in [3.63, 3.8) is 0 Å². The van der Waals surface area contributed by atoms with Gasteiger partial charge in [0.2, 0.25) is 5.91 Å². The van der Waals surface area contributed by atoms with Gasteiger partial charge in [0.05, 0.1) is 0 Å². The number of carbonyl (C=O) groups excluding carboxylic acids is 1. The van der Waals surface area contributed by atoms with Crippen LogP contribution in [0.1, 0.15) is 5.56 Å². The first-order valence-corrected chi connectivity index (χ1v) is 5.76. The summed E-state index contributed by atoms with van der Waals surface area (Å²) in [6.45, 7) is 0. The fourth-order valence-corrected chi connectivity index (χ4v) is 2.01. The molecular weight excluding hydrogens is 224 g/mol. The number of benzene rings is 2. The van der Waals surface area contributed by atoms with Crippen molar-refractivity contribution in [2.24, 2.45) is 5.73 Å². The van der Waals surface area contributed by atoms with Crippen LogP contribution in [0.25, 0.3) is 16.8 Å². The standard InChI is InChI=1S/C15H16N2O/c1-17(2)14-9-7-11(8-10-15(16)18)12-5-3-4-6-13(12)14/h3-10H,1-2H3,(H2,16,18)/b10-8+. The molecular formula is C15H16N2O. The summed E-state index contributed by atoms with van der Waals surface area (Å²) in [6, 6.07) is 12.2. The van der Waals surface area contributed by atoms with Crippen molar-refractivity contribution in [1.82, 2.24) is 0 Å². The third kappa shape index (κ3) is 2.35. The molecule has 0 radical (unpaired) electrons. The Kier molecular flexibility index (Phi) is 3.33. The zero-order valence-electron chi connectivity index (χ0n) is 10.6. The number of fused-ring (bicyclic) bond motifs is 1. The summed E-state index contributed by atoms with van der Waals surface area (Å²) in [6.07, 6.45) is 3.14. The van der Waals surface area contributed by atoms with E-state index in [1.165, 1.54) is 6.08 Å². The molecule has 0 unspecified atom stereocenters. The molecule has 3 heteroatoms. The van der Waals surface area contributed by atoms with Gasteiger partial charge in [0.1, 0.15) is 0 Å². The fraction of sp³-hybridized carbons (Fsp3) is 0.133. The van der Waals surface area contributed by atoms with Crippen molar-refractivity contribution in [2.75, 3.05) is 19.0 Å². The molecule has 0 atom stereocenters. The number of amides is 1. The van der Waals surface area contributed by atoms with E-state index in [0.717, 1.165) is 22.0 Å². The number of rotatable bonds is 3. The van der Waals surface area contributed by atoms with Crippen molar-refractivity contribution in [1.29, 1.82) is 0 Å². The van der Waals surface area contributed by atoms with E-state index in [1.807, 2.05) is 44.4 Å². The number of carbonyl (C=O) groups is 1. The minimum Gasteiger partial charge on any atom is -0.377 e. The van der Waals surface area contributed by atoms with Crippen molar-refractivity contribution in [3.05, 3.63) is 48.0 Å². The molecule has 92 valence electrons. The van der Waals surface area contributed by atoms with Crippen LogP contribution in [0.15, 0.2) is 42.5 Å². The third-order valence-corrected chi connectivity index (χ3v) is 2.84. The zero-order chi connectivity index (χ0) is 13.1. The lowest BCUT2D eigenvalue weighted by molar-refractivity contribution is -0.113. The highest BCUT2D eigenvalue weighted by molar-refractivity contribution is 6.01. The Hall–Kier alpha value is -2.29. The fourth-order valence-electron chi connectivity index (χ4n) is 2.01. The second-order valence-corrected chi connectivity index (χ2v) is 4.35. The summed E-state index contributed by atoms with van der Waals surface area (Å²) in [5.74, 6) is -0.434. The van der Waals surface area contributed by atoms with Gasteiger partial charge >= 0.3 is 0 Å². The average Bonchev–Trinajstić information content (AvgIpc) is 2.35. The van der Waals surface area contributed by atoms with E-state index in [0.29, 0.717) is 0 Å². The van der Waals surface area contributed by atoms with Crippen LogP contribution in [0, 0.1) is 0 Å². The lowest BCUT2D eigenvalue weighted by Gasteiger charge is -2.16. The molecule has 3 nitrogen and oxygen atoms in total. The molecule has 2 aromatic carbocycles. The average molecular weight is 240 g/mol. The maximum absolute atomic E-state index is 10.8. The smallest absolute Gasteiger partial charge is 0.241 e. The Balaban J connectivity index is 2.64. The van der Waals surface area contributed by atoms with Crippen LogP contribution in [0.5, 0.6) is 0 Å². The Morgan fingerprint density at radius 3 is 2.39 bits per heavy atom. The SMILES string of the molecule is CN(C)c1ccc(/C=C/C(N)=O)c2ccccc12. The van der Waals surface area contributed by atoms with Crippen molar-refractivity contribution in [2.45, 2.75) is 0 Å². The van der Waals surface area contributed by atoms with Crippen molar-refractivity contribution < 1.29 is 4.79 Å². The van der Waals surface area contributed by atoms with Gasteiger partial charge in [0, 0.05) is 31.2 Å². The normalized spacial score (nSPS) is 11.0. The second kappa shape index (κ2) is 4.92. The van der Waals surface area contributed by atoms with Gasteiger partial charge in [0.25, 0.3) is 0 Å². The first kappa shape index (κ1) is 12.2. The second-order valence-electron chi connectivity index (χ2n) is 4.35. The van der Waals surface area contributed by atoms with Gasteiger partial charge in [-0.25, -0.2) is 0 Å². The highest BCUT2D eigenvalue weighted by atomic mass is 16.1. The Labute approximate surface area is 107 Å². The number of anilines is 1. The first-order valence-electron chi connectivity index (χ1n) is 5.76. The van der Waals surface area contributed by atoms with Crippen LogP contribution in [-0.4, -0.2) is 20.0 Å². The lowest BCUT2D eigenvalue weighted by Crippen LogP contribution is -2.09. The summed E-state index contributed by atoms with van der Waals surface area (Å²) in [7, 11) is 4.03. The molecule has 0 bridgehead atoms. The number of hydrogen-bond donors (Lipinski definition) is 1. The van der Waals surface area contributed by atoms with Crippen LogP contribution in [-0.2, 0) is 4.79 Å². The molecule has 0 fully saturated rings.